The number of aliphatic carboxylic acids is 1. The molecule has 0 unspecified atom stereocenters. The zero-order valence-corrected chi connectivity index (χ0v) is 11.6. The third-order valence-electron chi connectivity index (χ3n) is 2.65. The molecule has 1 aromatic carbocycles. The largest absolute Gasteiger partial charge is 0.497 e. The normalized spacial score (nSPS) is 12.6. The number of carboxylic acid groups (broad SMARTS) is 1. The van der Waals surface area contributed by atoms with E-state index in [4.69, 9.17) is 4.74 Å². The van der Waals surface area contributed by atoms with Crippen LogP contribution in [-0.4, -0.2) is 24.1 Å². The number of carbonyl (C=O) groups excluding carboxylic acids is 1. The van der Waals surface area contributed by atoms with Crippen LogP contribution >= 0.6 is 0 Å². The van der Waals surface area contributed by atoms with E-state index in [2.05, 4.69) is 5.32 Å². The maximum atomic E-state index is 11.9. The van der Waals surface area contributed by atoms with Gasteiger partial charge < -0.3 is 15.2 Å². The molecule has 19 heavy (non-hydrogen) atoms. The van der Waals surface area contributed by atoms with Crippen LogP contribution in [0, 0.1) is 5.41 Å². The van der Waals surface area contributed by atoms with E-state index in [-0.39, 0.29) is 5.91 Å². The van der Waals surface area contributed by atoms with Crippen LogP contribution < -0.4 is 10.1 Å². The second-order valence-electron chi connectivity index (χ2n) is 5.27. The second kappa shape index (κ2) is 5.73. The lowest BCUT2D eigenvalue weighted by molar-refractivity contribution is -0.143. The maximum absolute atomic E-state index is 11.9. The van der Waals surface area contributed by atoms with Gasteiger partial charge in [0.05, 0.1) is 7.11 Å². The van der Waals surface area contributed by atoms with Gasteiger partial charge in [0.1, 0.15) is 5.75 Å². The number of benzene rings is 1. The topological polar surface area (TPSA) is 75.6 Å². The summed E-state index contributed by atoms with van der Waals surface area (Å²) in [5, 5.41) is 11.8. The van der Waals surface area contributed by atoms with Crippen molar-refractivity contribution >= 4 is 11.9 Å². The lowest BCUT2D eigenvalue weighted by atomic mass is 9.94. The lowest BCUT2D eigenvalue weighted by Gasteiger charge is -2.22. The van der Waals surface area contributed by atoms with Crippen LogP contribution in [0.2, 0.25) is 0 Å². The van der Waals surface area contributed by atoms with Gasteiger partial charge in [0, 0.05) is 5.41 Å². The summed E-state index contributed by atoms with van der Waals surface area (Å²) in [6, 6.07) is 5.52. The molecule has 0 saturated heterocycles. The Hall–Kier alpha value is -2.04. The number of hydrogen-bond donors (Lipinski definition) is 2. The minimum atomic E-state index is -1.09. The molecule has 1 amide bonds. The summed E-state index contributed by atoms with van der Waals surface area (Å²) in [5.41, 5.74) is -0.133. The molecule has 1 rings (SSSR count). The minimum Gasteiger partial charge on any atom is -0.497 e. The van der Waals surface area contributed by atoms with Crippen molar-refractivity contribution in [2.75, 3.05) is 7.11 Å². The van der Waals surface area contributed by atoms with Gasteiger partial charge in [0.2, 0.25) is 5.91 Å². The molecule has 0 aliphatic carbocycles. The molecule has 1 aromatic rings. The average molecular weight is 265 g/mol. The smallest absolute Gasteiger partial charge is 0.330 e. The van der Waals surface area contributed by atoms with Crippen LogP contribution in [0.4, 0.5) is 0 Å². The Labute approximate surface area is 112 Å². The van der Waals surface area contributed by atoms with E-state index in [1.807, 2.05) is 0 Å². The molecule has 104 valence electrons. The van der Waals surface area contributed by atoms with E-state index < -0.39 is 17.4 Å². The number of methoxy groups -OCH3 is 1. The van der Waals surface area contributed by atoms with E-state index in [9.17, 15) is 14.7 Å². The summed E-state index contributed by atoms with van der Waals surface area (Å²) in [4.78, 5) is 23.1. The number of hydrogen-bond acceptors (Lipinski definition) is 3. The number of carbonyl (C=O) groups is 2. The maximum Gasteiger partial charge on any atom is 0.330 e. The molecule has 0 aromatic heterocycles. The van der Waals surface area contributed by atoms with Crippen LogP contribution in [0.5, 0.6) is 5.75 Å². The van der Waals surface area contributed by atoms with Gasteiger partial charge in [-0.3, -0.25) is 4.79 Å². The molecule has 0 aliphatic heterocycles. The number of ether oxygens (including phenoxy) is 1. The summed E-state index contributed by atoms with van der Waals surface area (Å²) in [7, 11) is 1.53. The summed E-state index contributed by atoms with van der Waals surface area (Å²) in [6.07, 6.45) is 0. The van der Waals surface area contributed by atoms with Gasteiger partial charge >= 0.3 is 5.97 Å². The van der Waals surface area contributed by atoms with Crippen molar-refractivity contribution in [3.8, 4) is 5.75 Å². The predicted molar refractivity (Wildman–Crippen MR) is 71.0 cm³/mol. The van der Waals surface area contributed by atoms with E-state index in [0.717, 1.165) is 0 Å². The quantitative estimate of drug-likeness (QED) is 0.872. The van der Waals surface area contributed by atoms with Crippen LogP contribution in [0.1, 0.15) is 32.4 Å². The minimum absolute atomic E-state index is 0.310. The van der Waals surface area contributed by atoms with Crippen molar-refractivity contribution in [3.63, 3.8) is 0 Å². The van der Waals surface area contributed by atoms with Crippen LogP contribution in [0.3, 0.4) is 0 Å². The zero-order chi connectivity index (χ0) is 14.6. The summed E-state index contributed by atoms with van der Waals surface area (Å²) in [6.45, 7) is 5.19. The van der Waals surface area contributed by atoms with Gasteiger partial charge in [-0.2, -0.15) is 0 Å². The molecular weight excluding hydrogens is 246 g/mol. The van der Waals surface area contributed by atoms with Crippen LogP contribution in [0.25, 0.3) is 0 Å². The molecule has 0 radical (unpaired) electrons. The fourth-order valence-corrected chi connectivity index (χ4v) is 1.43. The first-order valence-corrected chi connectivity index (χ1v) is 5.93. The van der Waals surface area contributed by atoms with E-state index >= 15 is 0 Å². The molecule has 5 nitrogen and oxygen atoms in total. The van der Waals surface area contributed by atoms with Crippen molar-refractivity contribution < 1.29 is 19.4 Å². The molecule has 0 fully saturated rings. The number of nitrogens with one attached hydrogen (secondary N) is 1. The fourth-order valence-electron chi connectivity index (χ4n) is 1.43. The first-order chi connectivity index (χ1) is 8.75. The van der Waals surface area contributed by atoms with Gasteiger partial charge in [-0.1, -0.05) is 32.9 Å². The Morgan fingerprint density at radius 1 is 1.21 bits per heavy atom. The molecule has 1 atom stereocenters. The first-order valence-electron chi connectivity index (χ1n) is 5.93. The third kappa shape index (κ3) is 3.98. The van der Waals surface area contributed by atoms with Gasteiger partial charge in [-0.05, 0) is 17.7 Å². The standard InChI is InChI=1S/C14H19NO4/c1-14(2,3)13(18)15-11(12(16)17)9-5-7-10(19-4)8-6-9/h5-8,11H,1-4H3,(H,15,18)(H,16,17)/t11-/m0/s1. The molecule has 0 saturated carbocycles. The summed E-state index contributed by atoms with van der Waals surface area (Å²) in [5.74, 6) is -0.770. The zero-order valence-electron chi connectivity index (χ0n) is 11.6. The Morgan fingerprint density at radius 2 is 1.74 bits per heavy atom. The van der Waals surface area contributed by atoms with Crippen molar-refractivity contribution in [2.24, 2.45) is 5.41 Å². The molecule has 2 N–H and O–H groups in total. The Kier molecular flexibility index (Phi) is 4.53. The predicted octanol–water partition coefficient (Wildman–Crippen LogP) is 1.98. The Morgan fingerprint density at radius 3 is 2.11 bits per heavy atom. The summed E-state index contributed by atoms with van der Waals surface area (Å²) < 4.78 is 5.01. The van der Waals surface area contributed by atoms with Crippen molar-refractivity contribution in [2.45, 2.75) is 26.8 Å². The van der Waals surface area contributed by atoms with Crippen LogP contribution in [0.15, 0.2) is 24.3 Å². The average Bonchev–Trinajstić information content (AvgIpc) is 2.34. The third-order valence-corrected chi connectivity index (χ3v) is 2.65. The van der Waals surface area contributed by atoms with Crippen molar-refractivity contribution in [1.29, 1.82) is 0 Å². The molecule has 0 aliphatic rings. The number of amides is 1. The highest BCUT2D eigenvalue weighted by atomic mass is 16.5. The first kappa shape index (κ1) is 15.0. The Balaban J connectivity index is 2.94. The monoisotopic (exact) mass is 265 g/mol. The van der Waals surface area contributed by atoms with Gasteiger partial charge in [0.15, 0.2) is 6.04 Å². The molecule has 0 bridgehead atoms. The Bertz CT molecular complexity index is 459. The number of rotatable bonds is 4. The van der Waals surface area contributed by atoms with Crippen molar-refractivity contribution in [1.82, 2.24) is 5.32 Å². The van der Waals surface area contributed by atoms with Gasteiger partial charge in [-0.15, -0.1) is 0 Å². The molecule has 5 heteroatoms. The van der Waals surface area contributed by atoms with E-state index in [0.29, 0.717) is 11.3 Å². The van der Waals surface area contributed by atoms with Crippen molar-refractivity contribution in [3.05, 3.63) is 29.8 Å². The fraction of sp³-hybridized carbons (Fsp3) is 0.429. The van der Waals surface area contributed by atoms with Gasteiger partial charge in [0.25, 0.3) is 0 Å². The highest BCUT2D eigenvalue weighted by molar-refractivity contribution is 5.87. The van der Waals surface area contributed by atoms with Crippen LogP contribution in [-0.2, 0) is 9.59 Å². The van der Waals surface area contributed by atoms with E-state index in [1.165, 1.54) is 7.11 Å². The SMILES string of the molecule is COc1ccc([C@H](NC(=O)C(C)(C)C)C(=O)O)cc1. The van der Waals surface area contributed by atoms with Gasteiger partial charge in [-0.25, -0.2) is 4.79 Å². The number of carboxylic acids is 1. The lowest BCUT2D eigenvalue weighted by Crippen LogP contribution is -2.40. The highest BCUT2D eigenvalue weighted by Gasteiger charge is 2.28. The molecule has 0 spiro atoms. The second-order valence-corrected chi connectivity index (χ2v) is 5.27. The van der Waals surface area contributed by atoms with E-state index in [1.54, 1.807) is 45.0 Å². The summed E-state index contributed by atoms with van der Waals surface area (Å²) >= 11 is 0. The molecule has 0 heterocycles. The highest BCUT2D eigenvalue weighted by Crippen LogP contribution is 2.20. The molecular formula is C14H19NO4.